The molecule has 0 fully saturated rings. The van der Waals surface area contributed by atoms with E-state index in [1.807, 2.05) is 20.8 Å². The number of carbonyl (C=O) groups excluding carboxylic acids is 1. The molecule has 0 rings (SSSR count). The van der Waals surface area contributed by atoms with Crippen LogP contribution in [0.5, 0.6) is 0 Å². The first-order valence-corrected chi connectivity index (χ1v) is 5.04. The van der Waals surface area contributed by atoms with E-state index in [4.69, 9.17) is 5.73 Å². The van der Waals surface area contributed by atoms with Gasteiger partial charge in [0.1, 0.15) is 0 Å². The topological polar surface area (TPSA) is 55.1 Å². The van der Waals surface area contributed by atoms with Gasteiger partial charge < -0.3 is 11.1 Å². The number of rotatable bonds is 6. The van der Waals surface area contributed by atoms with Crippen LogP contribution in [-0.4, -0.2) is 17.5 Å². The first kappa shape index (κ1) is 13.2. The van der Waals surface area contributed by atoms with Crippen molar-refractivity contribution in [2.45, 2.75) is 51.6 Å². The van der Waals surface area contributed by atoms with Gasteiger partial charge in [0.15, 0.2) is 0 Å². The molecular weight excluding hydrogens is 176 g/mol. The Morgan fingerprint density at radius 3 is 2.64 bits per heavy atom. The average Bonchev–Trinajstić information content (AvgIpc) is 2.00. The van der Waals surface area contributed by atoms with Crippen molar-refractivity contribution >= 4 is 5.91 Å². The van der Waals surface area contributed by atoms with E-state index in [0.717, 1.165) is 6.42 Å². The van der Waals surface area contributed by atoms with Crippen molar-refractivity contribution in [3.05, 3.63) is 12.7 Å². The molecular formula is C11H22N2O. The van der Waals surface area contributed by atoms with Crippen molar-refractivity contribution in [3.63, 3.8) is 0 Å². The Morgan fingerprint density at radius 1 is 1.64 bits per heavy atom. The number of hydrogen-bond donors (Lipinski definition) is 2. The summed E-state index contributed by atoms with van der Waals surface area (Å²) in [5.74, 6) is 0.0675. The lowest BCUT2D eigenvalue weighted by Crippen LogP contribution is -2.36. The molecule has 0 bridgehead atoms. The molecule has 0 heterocycles. The van der Waals surface area contributed by atoms with Gasteiger partial charge in [-0.3, -0.25) is 4.79 Å². The molecule has 0 aromatic rings. The molecule has 0 aliphatic heterocycles. The summed E-state index contributed by atoms with van der Waals surface area (Å²) in [5, 5.41) is 2.89. The monoisotopic (exact) mass is 198 g/mol. The standard InChI is InChI=1S/C11H22N2O/c1-5-6-9(2)13-10(14)7-8-11(3,4)12/h5,9H,1,6-8,12H2,2-4H3,(H,13,14). The van der Waals surface area contributed by atoms with Gasteiger partial charge in [-0.25, -0.2) is 0 Å². The van der Waals surface area contributed by atoms with Crippen molar-refractivity contribution in [1.82, 2.24) is 5.32 Å². The van der Waals surface area contributed by atoms with E-state index >= 15 is 0 Å². The average molecular weight is 198 g/mol. The van der Waals surface area contributed by atoms with Gasteiger partial charge >= 0.3 is 0 Å². The summed E-state index contributed by atoms with van der Waals surface area (Å²) in [6.07, 6.45) is 3.81. The second-order valence-corrected chi connectivity index (χ2v) is 4.48. The summed E-state index contributed by atoms with van der Waals surface area (Å²) in [6, 6.07) is 0.167. The zero-order chi connectivity index (χ0) is 11.2. The minimum Gasteiger partial charge on any atom is -0.353 e. The van der Waals surface area contributed by atoms with E-state index in [9.17, 15) is 4.79 Å². The molecule has 0 spiro atoms. The quantitative estimate of drug-likeness (QED) is 0.637. The maximum Gasteiger partial charge on any atom is 0.220 e. The van der Waals surface area contributed by atoms with Crippen LogP contribution in [0.15, 0.2) is 12.7 Å². The second kappa shape index (κ2) is 5.81. The fourth-order valence-electron chi connectivity index (χ4n) is 1.09. The highest BCUT2D eigenvalue weighted by Crippen LogP contribution is 2.06. The fourth-order valence-corrected chi connectivity index (χ4v) is 1.09. The van der Waals surface area contributed by atoms with E-state index in [-0.39, 0.29) is 17.5 Å². The molecule has 14 heavy (non-hydrogen) atoms. The Kier molecular flexibility index (Phi) is 5.46. The molecule has 82 valence electrons. The number of nitrogens with one attached hydrogen (secondary N) is 1. The van der Waals surface area contributed by atoms with Gasteiger partial charge in [0.2, 0.25) is 5.91 Å². The van der Waals surface area contributed by atoms with Crippen LogP contribution in [0.3, 0.4) is 0 Å². The SMILES string of the molecule is C=CCC(C)NC(=O)CCC(C)(C)N. The number of amides is 1. The minimum atomic E-state index is -0.265. The third-order valence-corrected chi connectivity index (χ3v) is 1.92. The smallest absolute Gasteiger partial charge is 0.220 e. The van der Waals surface area contributed by atoms with Gasteiger partial charge in [-0.1, -0.05) is 6.08 Å². The zero-order valence-electron chi connectivity index (χ0n) is 9.47. The Morgan fingerprint density at radius 2 is 2.21 bits per heavy atom. The van der Waals surface area contributed by atoms with Crippen molar-refractivity contribution in [2.75, 3.05) is 0 Å². The summed E-state index contributed by atoms with van der Waals surface area (Å²) in [5.41, 5.74) is 5.51. The Balaban J connectivity index is 3.70. The second-order valence-electron chi connectivity index (χ2n) is 4.48. The lowest BCUT2D eigenvalue weighted by molar-refractivity contribution is -0.122. The molecule has 0 saturated heterocycles. The highest BCUT2D eigenvalue weighted by Gasteiger charge is 2.13. The predicted molar refractivity (Wildman–Crippen MR) is 59.9 cm³/mol. The van der Waals surface area contributed by atoms with Gasteiger partial charge in [-0.05, 0) is 33.6 Å². The van der Waals surface area contributed by atoms with E-state index in [0.29, 0.717) is 12.8 Å². The van der Waals surface area contributed by atoms with Crippen molar-refractivity contribution in [2.24, 2.45) is 5.73 Å². The molecule has 0 aromatic heterocycles. The van der Waals surface area contributed by atoms with Crippen molar-refractivity contribution < 1.29 is 4.79 Å². The number of carbonyl (C=O) groups is 1. The van der Waals surface area contributed by atoms with Crippen LogP contribution in [0.1, 0.15) is 40.0 Å². The third kappa shape index (κ3) is 7.80. The van der Waals surface area contributed by atoms with Gasteiger partial charge in [0, 0.05) is 18.0 Å². The first-order chi connectivity index (χ1) is 6.35. The molecule has 1 atom stereocenters. The van der Waals surface area contributed by atoms with E-state index < -0.39 is 0 Å². The first-order valence-electron chi connectivity index (χ1n) is 5.04. The minimum absolute atomic E-state index is 0.0675. The van der Waals surface area contributed by atoms with Gasteiger partial charge in [-0.2, -0.15) is 0 Å². The van der Waals surface area contributed by atoms with E-state index in [2.05, 4.69) is 11.9 Å². The highest BCUT2D eigenvalue weighted by atomic mass is 16.1. The van der Waals surface area contributed by atoms with Gasteiger partial charge in [-0.15, -0.1) is 6.58 Å². The molecule has 3 heteroatoms. The lowest BCUT2D eigenvalue weighted by atomic mass is 10.00. The summed E-state index contributed by atoms with van der Waals surface area (Å²) < 4.78 is 0. The van der Waals surface area contributed by atoms with E-state index in [1.54, 1.807) is 6.08 Å². The molecule has 0 radical (unpaired) electrons. The molecule has 3 N–H and O–H groups in total. The number of hydrogen-bond acceptors (Lipinski definition) is 2. The van der Waals surface area contributed by atoms with Crippen LogP contribution in [0.2, 0.25) is 0 Å². The van der Waals surface area contributed by atoms with Crippen LogP contribution < -0.4 is 11.1 Å². The third-order valence-electron chi connectivity index (χ3n) is 1.92. The van der Waals surface area contributed by atoms with Gasteiger partial charge in [0.25, 0.3) is 0 Å². The Bertz CT molecular complexity index is 194. The Labute approximate surface area is 86.8 Å². The molecule has 0 saturated carbocycles. The maximum atomic E-state index is 11.4. The molecule has 1 amide bonds. The fraction of sp³-hybridized carbons (Fsp3) is 0.727. The molecule has 0 aliphatic carbocycles. The highest BCUT2D eigenvalue weighted by molar-refractivity contribution is 5.76. The van der Waals surface area contributed by atoms with E-state index in [1.165, 1.54) is 0 Å². The van der Waals surface area contributed by atoms with Crippen LogP contribution in [-0.2, 0) is 4.79 Å². The molecule has 0 aliphatic rings. The molecule has 1 unspecified atom stereocenters. The summed E-state index contributed by atoms with van der Waals surface area (Å²) in [4.78, 5) is 11.4. The Hall–Kier alpha value is -0.830. The lowest BCUT2D eigenvalue weighted by Gasteiger charge is -2.18. The normalized spacial score (nSPS) is 13.4. The van der Waals surface area contributed by atoms with Gasteiger partial charge in [0.05, 0.1) is 0 Å². The largest absolute Gasteiger partial charge is 0.353 e. The summed E-state index contributed by atoms with van der Waals surface area (Å²) in [6.45, 7) is 9.44. The summed E-state index contributed by atoms with van der Waals surface area (Å²) >= 11 is 0. The van der Waals surface area contributed by atoms with Crippen molar-refractivity contribution in [1.29, 1.82) is 0 Å². The maximum absolute atomic E-state index is 11.4. The van der Waals surface area contributed by atoms with Crippen LogP contribution in [0.25, 0.3) is 0 Å². The van der Waals surface area contributed by atoms with Crippen molar-refractivity contribution in [3.8, 4) is 0 Å². The van der Waals surface area contributed by atoms with Crippen LogP contribution in [0, 0.1) is 0 Å². The van der Waals surface area contributed by atoms with Crippen LogP contribution in [0.4, 0.5) is 0 Å². The molecule has 3 nitrogen and oxygen atoms in total. The number of nitrogens with two attached hydrogens (primary N) is 1. The predicted octanol–water partition coefficient (Wildman–Crippen LogP) is 1.58. The zero-order valence-corrected chi connectivity index (χ0v) is 9.47. The van der Waals surface area contributed by atoms with Crippen LogP contribution >= 0.6 is 0 Å². The summed E-state index contributed by atoms with van der Waals surface area (Å²) in [7, 11) is 0. The molecule has 0 aromatic carbocycles.